The molecule has 0 fully saturated rings. The molecule has 0 atom stereocenters. The van der Waals surface area contributed by atoms with Gasteiger partial charge in [0.2, 0.25) is 0 Å². The molecule has 0 aliphatic heterocycles. The van der Waals surface area contributed by atoms with Crippen molar-refractivity contribution in [2.24, 2.45) is 0 Å². The van der Waals surface area contributed by atoms with Crippen LogP contribution in [0.25, 0.3) is 16.8 Å². The molecule has 3 aromatic heterocycles. The van der Waals surface area contributed by atoms with Crippen molar-refractivity contribution in [1.82, 2.24) is 14.6 Å². The van der Waals surface area contributed by atoms with Crippen LogP contribution in [0.3, 0.4) is 0 Å². The summed E-state index contributed by atoms with van der Waals surface area (Å²) in [6.45, 7) is 0. The second-order valence-corrected chi connectivity index (χ2v) is 3.33. The van der Waals surface area contributed by atoms with E-state index in [0.29, 0.717) is 0 Å². The Kier molecular flexibility index (Phi) is 1.75. The van der Waals surface area contributed by atoms with Crippen LogP contribution in [0.4, 0.5) is 0 Å². The topological polar surface area (TPSA) is 30.2 Å². The summed E-state index contributed by atoms with van der Waals surface area (Å²) in [4.78, 5) is 4.30. The van der Waals surface area contributed by atoms with E-state index in [1.165, 1.54) is 0 Å². The lowest BCUT2D eigenvalue weighted by atomic mass is 10.2. The molecule has 0 saturated carbocycles. The van der Waals surface area contributed by atoms with Crippen molar-refractivity contribution in [1.29, 1.82) is 0 Å². The van der Waals surface area contributed by atoms with Crippen molar-refractivity contribution in [3.8, 4) is 11.3 Å². The summed E-state index contributed by atoms with van der Waals surface area (Å²) in [7, 11) is 0. The molecule has 3 nitrogen and oxygen atoms in total. The Morgan fingerprint density at radius 3 is 2.80 bits per heavy atom. The predicted octanol–water partition coefficient (Wildman–Crippen LogP) is 2.40. The van der Waals surface area contributed by atoms with Gasteiger partial charge in [-0.15, -0.1) is 0 Å². The molecule has 15 heavy (non-hydrogen) atoms. The molecule has 0 saturated heterocycles. The van der Waals surface area contributed by atoms with Crippen molar-refractivity contribution in [3.05, 3.63) is 55.0 Å². The van der Waals surface area contributed by atoms with Gasteiger partial charge in [0.05, 0.1) is 11.2 Å². The highest BCUT2D eigenvalue weighted by Crippen LogP contribution is 2.16. The third-order valence-corrected chi connectivity index (χ3v) is 2.36. The summed E-state index contributed by atoms with van der Waals surface area (Å²) >= 11 is 0. The first-order chi connectivity index (χ1) is 7.43. The highest BCUT2D eigenvalue weighted by Gasteiger charge is 1.99. The van der Waals surface area contributed by atoms with Crippen LogP contribution in [0, 0.1) is 0 Å². The van der Waals surface area contributed by atoms with Gasteiger partial charge >= 0.3 is 0 Å². The summed E-state index contributed by atoms with van der Waals surface area (Å²) in [5.74, 6) is 0. The molecule has 0 bridgehead atoms. The highest BCUT2D eigenvalue weighted by molar-refractivity contribution is 5.61. The van der Waals surface area contributed by atoms with E-state index in [4.69, 9.17) is 0 Å². The maximum Gasteiger partial charge on any atom is 0.0717 e. The fraction of sp³-hybridized carbons (Fsp3) is 0. The predicted molar refractivity (Wildman–Crippen MR) is 58.4 cm³/mol. The first kappa shape index (κ1) is 8.17. The molecule has 0 aromatic carbocycles. The summed E-state index contributed by atoms with van der Waals surface area (Å²) in [5.41, 5.74) is 3.14. The van der Waals surface area contributed by atoms with E-state index in [9.17, 15) is 0 Å². The Morgan fingerprint density at radius 2 is 1.93 bits per heavy atom. The zero-order valence-corrected chi connectivity index (χ0v) is 8.04. The van der Waals surface area contributed by atoms with Gasteiger partial charge in [-0.2, -0.15) is 5.10 Å². The van der Waals surface area contributed by atoms with Crippen molar-refractivity contribution in [3.63, 3.8) is 0 Å². The van der Waals surface area contributed by atoms with Gasteiger partial charge in [-0.25, -0.2) is 4.52 Å². The number of hydrogen-bond acceptors (Lipinski definition) is 2. The van der Waals surface area contributed by atoms with Crippen LogP contribution in [0.1, 0.15) is 0 Å². The smallest absolute Gasteiger partial charge is 0.0717 e. The van der Waals surface area contributed by atoms with Crippen LogP contribution < -0.4 is 0 Å². The van der Waals surface area contributed by atoms with Gasteiger partial charge in [0.1, 0.15) is 0 Å². The van der Waals surface area contributed by atoms with Crippen molar-refractivity contribution in [2.75, 3.05) is 0 Å². The lowest BCUT2D eigenvalue weighted by molar-refractivity contribution is 0.961. The summed E-state index contributed by atoms with van der Waals surface area (Å²) < 4.78 is 1.85. The van der Waals surface area contributed by atoms with Crippen LogP contribution in [0.2, 0.25) is 0 Å². The molecule has 0 radical (unpaired) electrons. The lowest BCUT2D eigenvalue weighted by Crippen LogP contribution is -1.89. The van der Waals surface area contributed by atoms with Crippen LogP contribution in [-0.2, 0) is 0 Å². The van der Waals surface area contributed by atoms with Crippen molar-refractivity contribution >= 4 is 5.52 Å². The Labute approximate surface area is 87.0 Å². The van der Waals surface area contributed by atoms with E-state index in [1.807, 2.05) is 41.0 Å². The third kappa shape index (κ3) is 1.38. The number of aromatic nitrogens is 3. The van der Waals surface area contributed by atoms with Gasteiger partial charge in [0.15, 0.2) is 0 Å². The highest BCUT2D eigenvalue weighted by atomic mass is 15.2. The fourth-order valence-electron chi connectivity index (χ4n) is 1.60. The molecule has 0 aliphatic rings. The Bertz CT molecular complexity index is 584. The van der Waals surface area contributed by atoms with Crippen molar-refractivity contribution < 1.29 is 0 Å². The van der Waals surface area contributed by atoms with Gasteiger partial charge in [0.25, 0.3) is 0 Å². The second kappa shape index (κ2) is 3.20. The first-order valence-corrected chi connectivity index (χ1v) is 4.78. The molecule has 3 rings (SSSR count). The average molecular weight is 195 g/mol. The molecule has 0 unspecified atom stereocenters. The quantitative estimate of drug-likeness (QED) is 0.596. The van der Waals surface area contributed by atoms with Crippen LogP contribution in [0.5, 0.6) is 0 Å². The largest absolute Gasteiger partial charge is 0.256 e. The second-order valence-electron chi connectivity index (χ2n) is 3.33. The standard InChI is InChI=1S/C12H9N3/c1-2-7-13-12(3-1)10-4-5-11-6-8-14-15(11)9-10/h1-9H. The Morgan fingerprint density at radius 1 is 0.933 bits per heavy atom. The molecule has 0 amide bonds. The van der Waals surface area contributed by atoms with E-state index < -0.39 is 0 Å². The monoisotopic (exact) mass is 195 g/mol. The average Bonchev–Trinajstić information content (AvgIpc) is 2.77. The summed E-state index contributed by atoms with van der Waals surface area (Å²) in [6, 6.07) is 12.0. The van der Waals surface area contributed by atoms with E-state index in [-0.39, 0.29) is 0 Å². The number of hydrogen-bond donors (Lipinski definition) is 0. The van der Waals surface area contributed by atoms with Crippen LogP contribution in [-0.4, -0.2) is 14.6 Å². The molecular formula is C12H9N3. The van der Waals surface area contributed by atoms with Crippen LogP contribution in [0.15, 0.2) is 55.0 Å². The molecule has 3 heterocycles. The zero-order chi connectivity index (χ0) is 10.1. The Hall–Kier alpha value is -2.16. The molecule has 0 N–H and O–H groups in total. The fourth-order valence-corrected chi connectivity index (χ4v) is 1.60. The van der Waals surface area contributed by atoms with Gasteiger partial charge in [-0.1, -0.05) is 6.07 Å². The van der Waals surface area contributed by atoms with E-state index in [0.717, 1.165) is 16.8 Å². The van der Waals surface area contributed by atoms with E-state index in [1.54, 1.807) is 12.4 Å². The molecule has 0 spiro atoms. The van der Waals surface area contributed by atoms with Crippen molar-refractivity contribution in [2.45, 2.75) is 0 Å². The molecular weight excluding hydrogens is 186 g/mol. The summed E-state index contributed by atoms with van der Waals surface area (Å²) in [5, 5.41) is 4.19. The minimum Gasteiger partial charge on any atom is -0.256 e. The maximum atomic E-state index is 4.30. The molecule has 3 aromatic rings. The van der Waals surface area contributed by atoms with Gasteiger partial charge in [-0.3, -0.25) is 4.98 Å². The molecule has 3 heteroatoms. The zero-order valence-electron chi connectivity index (χ0n) is 8.04. The number of fused-ring (bicyclic) bond motifs is 1. The normalized spacial score (nSPS) is 10.7. The Balaban J connectivity index is 2.19. The van der Waals surface area contributed by atoms with Gasteiger partial charge in [0, 0.05) is 24.2 Å². The van der Waals surface area contributed by atoms with Gasteiger partial charge < -0.3 is 0 Å². The summed E-state index contributed by atoms with van der Waals surface area (Å²) in [6.07, 6.45) is 5.57. The van der Waals surface area contributed by atoms with Gasteiger partial charge in [-0.05, 0) is 30.3 Å². The number of nitrogens with zero attached hydrogens (tertiary/aromatic N) is 3. The number of rotatable bonds is 1. The first-order valence-electron chi connectivity index (χ1n) is 4.78. The van der Waals surface area contributed by atoms with E-state index in [2.05, 4.69) is 16.1 Å². The van der Waals surface area contributed by atoms with E-state index >= 15 is 0 Å². The molecule has 0 aliphatic carbocycles. The van der Waals surface area contributed by atoms with Crippen LogP contribution >= 0.6 is 0 Å². The minimum atomic E-state index is 0.968. The maximum absolute atomic E-state index is 4.30. The SMILES string of the molecule is c1ccc(-c2ccc3ccnn3c2)nc1. The minimum absolute atomic E-state index is 0.968. The lowest BCUT2D eigenvalue weighted by Gasteiger charge is -2.00. The third-order valence-electron chi connectivity index (χ3n) is 2.36. The number of pyridine rings is 2. The molecule has 72 valence electrons.